The summed E-state index contributed by atoms with van der Waals surface area (Å²) >= 11 is 0. The molecule has 1 heterocycles. The summed E-state index contributed by atoms with van der Waals surface area (Å²) in [5, 5.41) is 9.17. The molecule has 0 fully saturated rings. The Labute approximate surface area is 260 Å². The number of hydrogen-bond donors (Lipinski definition) is 7. The third kappa shape index (κ3) is 11.8. The molecule has 0 saturated carbocycles. The summed E-state index contributed by atoms with van der Waals surface area (Å²) in [5.74, 6) is -5.15. The fourth-order valence-corrected chi connectivity index (χ4v) is 5.88. The number of amides is 4. The zero-order chi connectivity index (χ0) is 34.4. The third-order valence-electron chi connectivity index (χ3n) is 7.07. The molecular formula is C24H37N5O13S3. The van der Waals surface area contributed by atoms with Gasteiger partial charge in [-0.15, -0.1) is 0 Å². The third-order valence-corrected chi connectivity index (χ3v) is 9.32. The first-order valence-electron chi connectivity index (χ1n) is 13.4. The number of carbonyl (C=O) groups is 4. The minimum absolute atomic E-state index is 0.00408. The van der Waals surface area contributed by atoms with Gasteiger partial charge in [-0.2, -0.15) is 25.3 Å². The number of nitrogens with zero attached hydrogens (tertiary/aromatic N) is 1. The van der Waals surface area contributed by atoms with Crippen molar-refractivity contribution in [3.05, 3.63) is 28.8 Å². The first-order valence-corrected chi connectivity index (χ1v) is 18.2. The highest BCUT2D eigenvalue weighted by Gasteiger charge is 2.45. The Kier molecular flexibility index (Phi) is 12.4. The maximum Gasteiger partial charge on any atom is 0.266 e. The zero-order valence-corrected chi connectivity index (χ0v) is 27.1. The van der Waals surface area contributed by atoms with Crippen molar-refractivity contribution in [1.82, 2.24) is 21.3 Å². The molecule has 45 heavy (non-hydrogen) atoms. The largest absolute Gasteiger partial charge is 0.368 e. The monoisotopic (exact) mass is 699 g/mol. The molecule has 1 aliphatic rings. The van der Waals surface area contributed by atoms with Crippen molar-refractivity contribution in [2.24, 2.45) is 0 Å². The number of rotatable bonds is 16. The summed E-state index contributed by atoms with van der Waals surface area (Å²) in [5.41, 5.74) is -0.0247. The van der Waals surface area contributed by atoms with Gasteiger partial charge in [0.05, 0.1) is 30.3 Å². The van der Waals surface area contributed by atoms with E-state index in [4.69, 9.17) is 9.11 Å². The van der Waals surface area contributed by atoms with Gasteiger partial charge in [-0.3, -0.25) is 32.8 Å². The Morgan fingerprint density at radius 1 is 0.756 bits per heavy atom. The normalized spacial score (nSPS) is 16.0. The van der Waals surface area contributed by atoms with Crippen LogP contribution in [0.4, 0.5) is 5.69 Å². The summed E-state index contributed by atoms with van der Waals surface area (Å²) in [7, 11) is -12.9. The molecule has 0 aliphatic carbocycles. The van der Waals surface area contributed by atoms with Gasteiger partial charge in [0.1, 0.15) is 0 Å². The van der Waals surface area contributed by atoms with Crippen LogP contribution in [-0.2, 0) is 45.4 Å². The van der Waals surface area contributed by atoms with E-state index in [9.17, 15) is 49.0 Å². The SMILES string of the molecule is CC1N(CCCS(=O)(=O)O)c2cc(C(=O)NCC(=O)NCCS(=O)(=O)O)cc(C(=O)NCC(=O)NCCS(=O)(=O)O)c2C1(C)C. The van der Waals surface area contributed by atoms with Crippen LogP contribution in [0.25, 0.3) is 0 Å². The van der Waals surface area contributed by atoms with Crippen molar-refractivity contribution >= 4 is 59.7 Å². The van der Waals surface area contributed by atoms with E-state index >= 15 is 0 Å². The minimum atomic E-state index is -4.32. The van der Waals surface area contributed by atoms with E-state index in [2.05, 4.69) is 21.3 Å². The number of hydrogen-bond acceptors (Lipinski definition) is 11. The smallest absolute Gasteiger partial charge is 0.266 e. The Balaban J connectivity index is 2.37. The number of nitrogens with one attached hydrogen (secondary N) is 4. The quantitative estimate of drug-likeness (QED) is 0.0912. The number of anilines is 1. The van der Waals surface area contributed by atoms with Gasteiger partial charge in [-0.05, 0) is 31.0 Å². The molecule has 0 spiro atoms. The fraction of sp³-hybridized carbons (Fsp3) is 0.583. The molecule has 18 nitrogen and oxygen atoms in total. The lowest BCUT2D eigenvalue weighted by molar-refractivity contribution is -0.120. The molecule has 0 radical (unpaired) electrons. The molecule has 1 aromatic carbocycles. The van der Waals surface area contributed by atoms with Crippen molar-refractivity contribution in [2.75, 3.05) is 54.9 Å². The molecule has 7 N–H and O–H groups in total. The maximum absolute atomic E-state index is 13.4. The number of fused-ring (bicyclic) bond motifs is 1. The van der Waals surface area contributed by atoms with E-state index in [-0.39, 0.29) is 30.1 Å². The van der Waals surface area contributed by atoms with Crippen LogP contribution in [0.5, 0.6) is 0 Å². The highest BCUT2D eigenvalue weighted by Crippen LogP contribution is 2.47. The lowest BCUT2D eigenvalue weighted by Gasteiger charge is -2.31. The second kappa shape index (κ2) is 14.8. The average molecular weight is 700 g/mol. The van der Waals surface area contributed by atoms with Crippen molar-refractivity contribution < 1.29 is 58.1 Å². The van der Waals surface area contributed by atoms with Crippen LogP contribution < -0.4 is 26.2 Å². The maximum atomic E-state index is 13.4. The van der Waals surface area contributed by atoms with Gasteiger partial charge in [0.15, 0.2) is 0 Å². The topological polar surface area (TPSA) is 283 Å². The molecule has 1 unspecified atom stereocenters. The first-order chi connectivity index (χ1) is 20.5. The van der Waals surface area contributed by atoms with Gasteiger partial charge in [-0.1, -0.05) is 13.8 Å². The van der Waals surface area contributed by atoms with Gasteiger partial charge < -0.3 is 26.2 Å². The summed E-state index contributed by atoms with van der Waals surface area (Å²) in [4.78, 5) is 52.5. The highest BCUT2D eigenvalue weighted by molar-refractivity contribution is 7.86. The Morgan fingerprint density at radius 3 is 1.69 bits per heavy atom. The van der Waals surface area contributed by atoms with Crippen molar-refractivity contribution in [3.8, 4) is 0 Å². The van der Waals surface area contributed by atoms with Gasteiger partial charge in [0.25, 0.3) is 42.2 Å². The van der Waals surface area contributed by atoms with E-state index in [1.807, 2.05) is 20.8 Å². The molecule has 21 heteroatoms. The Bertz CT molecular complexity index is 1640. The highest BCUT2D eigenvalue weighted by atomic mass is 32.2. The van der Waals surface area contributed by atoms with E-state index < -0.39 is 103 Å². The van der Waals surface area contributed by atoms with Gasteiger partial charge >= 0.3 is 0 Å². The van der Waals surface area contributed by atoms with E-state index in [0.717, 1.165) is 0 Å². The van der Waals surface area contributed by atoms with E-state index in [0.29, 0.717) is 11.3 Å². The summed E-state index contributed by atoms with van der Waals surface area (Å²) in [6.45, 7) is 3.55. The Hall–Kier alpha value is -3.37. The zero-order valence-electron chi connectivity index (χ0n) is 24.7. The van der Waals surface area contributed by atoms with Crippen LogP contribution in [-0.4, -0.2) is 119 Å². The minimum Gasteiger partial charge on any atom is -0.368 e. The number of carbonyl (C=O) groups excluding carboxylic acids is 4. The van der Waals surface area contributed by atoms with Crippen molar-refractivity contribution in [2.45, 2.75) is 38.6 Å². The van der Waals surface area contributed by atoms with Crippen molar-refractivity contribution in [1.29, 1.82) is 0 Å². The van der Waals surface area contributed by atoms with Gasteiger partial charge in [0, 0.05) is 47.9 Å². The fourth-order valence-electron chi connectivity index (χ4n) is 4.66. The molecule has 1 aliphatic heterocycles. The second-order valence-corrected chi connectivity index (χ2v) is 15.5. The van der Waals surface area contributed by atoms with Crippen LogP contribution in [0.3, 0.4) is 0 Å². The Morgan fingerprint density at radius 2 is 1.22 bits per heavy atom. The standard InChI is InChI=1S/C24H37N5O13S3/c1-15-24(2,3)21-17(23(33)28-14-20(31)26-6-10-45(40,41)42)11-16(12-18(21)29(15)7-4-8-43(34,35)36)22(32)27-13-19(30)25-5-9-44(37,38)39/h11-12,15H,4-10,13-14H2,1-3H3,(H,25,30)(H,26,31)(H,27,32)(H,28,33)(H,34,35,36)(H,37,38,39)(H,40,41,42). The molecule has 0 saturated heterocycles. The predicted octanol–water partition coefficient (Wildman–Crippen LogP) is -2.08. The van der Waals surface area contributed by atoms with Gasteiger partial charge in [-0.25, -0.2) is 0 Å². The summed E-state index contributed by atoms with van der Waals surface area (Å²) in [6, 6.07) is 2.33. The van der Waals surface area contributed by atoms with E-state index in [1.54, 1.807) is 4.90 Å². The van der Waals surface area contributed by atoms with Crippen LogP contribution in [0, 0.1) is 0 Å². The summed E-state index contributed by atoms with van der Waals surface area (Å²) in [6.07, 6.45) is 0.00408. The average Bonchev–Trinajstić information content (AvgIpc) is 3.08. The molecule has 0 aromatic heterocycles. The molecule has 1 aromatic rings. The number of benzene rings is 1. The molecule has 4 amide bonds. The van der Waals surface area contributed by atoms with Crippen LogP contribution in [0.1, 0.15) is 53.5 Å². The predicted molar refractivity (Wildman–Crippen MR) is 161 cm³/mol. The molecule has 2 rings (SSSR count). The molecule has 0 bridgehead atoms. The van der Waals surface area contributed by atoms with Crippen LogP contribution >= 0.6 is 0 Å². The van der Waals surface area contributed by atoms with Crippen molar-refractivity contribution in [3.63, 3.8) is 0 Å². The second-order valence-electron chi connectivity index (χ2n) is 10.8. The van der Waals surface area contributed by atoms with Crippen LogP contribution in [0.2, 0.25) is 0 Å². The lowest BCUT2D eigenvalue weighted by Crippen LogP contribution is -2.41. The molecule has 1 atom stereocenters. The van der Waals surface area contributed by atoms with Crippen LogP contribution in [0.15, 0.2) is 12.1 Å². The lowest BCUT2D eigenvalue weighted by atomic mass is 9.78. The molecule has 254 valence electrons. The van der Waals surface area contributed by atoms with Gasteiger partial charge in [0.2, 0.25) is 11.8 Å². The molecular weight excluding hydrogens is 662 g/mol. The summed E-state index contributed by atoms with van der Waals surface area (Å²) < 4.78 is 92.7. The first kappa shape index (κ1) is 37.8. The van der Waals surface area contributed by atoms with E-state index in [1.165, 1.54) is 12.1 Å².